The van der Waals surface area contributed by atoms with E-state index in [1.54, 1.807) is 6.92 Å². The molecule has 3 N–H and O–H groups in total. The summed E-state index contributed by atoms with van der Waals surface area (Å²) < 4.78 is 5.12. The Morgan fingerprint density at radius 2 is 1.79 bits per heavy atom. The van der Waals surface area contributed by atoms with E-state index in [0.29, 0.717) is 19.1 Å². The average molecular weight is 470 g/mol. The van der Waals surface area contributed by atoms with Crippen LogP contribution < -0.4 is 20.9 Å². The van der Waals surface area contributed by atoms with Crippen molar-refractivity contribution < 1.29 is 14.3 Å². The first kappa shape index (κ1) is 25.6. The number of hydrogen-bond donors (Lipinski definition) is 3. The van der Waals surface area contributed by atoms with Gasteiger partial charge in [0, 0.05) is 43.3 Å². The van der Waals surface area contributed by atoms with E-state index < -0.39 is 6.04 Å². The molecule has 2 aromatic rings. The highest BCUT2D eigenvalue weighted by atomic mass is 16.5. The summed E-state index contributed by atoms with van der Waals surface area (Å²) in [4.78, 5) is 31.7. The highest BCUT2D eigenvalue weighted by Gasteiger charge is 2.26. The van der Waals surface area contributed by atoms with Crippen molar-refractivity contribution in [1.29, 1.82) is 0 Å². The van der Waals surface area contributed by atoms with Gasteiger partial charge >= 0.3 is 12.0 Å². The van der Waals surface area contributed by atoms with Gasteiger partial charge in [-0.25, -0.2) is 14.6 Å². The number of anilines is 2. The number of benzene rings is 1. The summed E-state index contributed by atoms with van der Waals surface area (Å²) in [6.45, 7) is 6.11. The van der Waals surface area contributed by atoms with E-state index in [0.717, 1.165) is 48.1 Å². The van der Waals surface area contributed by atoms with Gasteiger partial charge in [-0.15, -0.1) is 0 Å². The number of nitrogens with zero attached hydrogens (tertiary/aromatic N) is 2. The number of esters is 1. The third-order valence-electron chi connectivity index (χ3n) is 6.17. The molecule has 34 heavy (non-hydrogen) atoms. The molecular formula is C26H39N5O3. The van der Waals surface area contributed by atoms with E-state index in [-0.39, 0.29) is 24.0 Å². The van der Waals surface area contributed by atoms with Crippen molar-refractivity contribution in [2.24, 2.45) is 5.92 Å². The second-order valence-electron chi connectivity index (χ2n) is 9.68. The first-order valence-electron chi connectivity index (χ1n) is 12.3. The number of para-hydroxylation sites is 1. The van der Waals surface area contributed by atoms with Gasteiger partial charge in [0.25, 0.3) is 0 Å². The van der Waals surface area contributed by atoms with Gasteiger partial charge in [-0.05, 0) is 51.0 Å². The monoisotopic (exact) mass is 469 g/mol. The molecule has 0 saturated heterocycles. The number of rotatable bonds is 9. The van der Waals surface area contributed by atoms with Crippen LogP contribution in [0, 0.1) is 5.92 Å². The zero-order valence-electron chi connectivity index (χ0n) is 21.1. The number of carbonyl (C=O) groups excluding carboxylic acids is 2. The van der Waals surface area contributed by atoms with Gasteiger partial charge in [0.15, 0.2) is 0 Å². The first-order chi connectivity index (χ1) is 16.3. The molecule has 0 spiro atoms. The SMILES string of the molecule is CCOC(=O)[C@H](CC(C)C)NC(=O)NC1CCC(Nc2cc(N(C)C)c3ccccc3n2)CC1. The van der Waals surface area contributed by atoms with Gasteiger partial charge < -0.3 is 25.6 Å². The number of aromatic nitrogens is 1. The van der Waals surface area contributed by atoms with E-state index in [2.05, 4.69) is 33.0 Å². The van der Waals surface area contributed by atoms with Crippen LogP contribution in [-0.2, 0) is 9.53 Å². The van der Waals surface area contributed by atoms with Gasteiger partial charge in [-0.1, -0.05) is 32.0 Å². The van der Waals surface area contributed by atoms with Crippen molar-refractivity contribution >= 4 is 34.4 Å². The molecule has 1 aromatic heterocycles. The van der Waals surface area contributed by atoms with Crippen molar-refractivity contribution in [3.63, 3.8) is 0 Å². The summed E-state index contributed by atoms with van der Waals surface area (Å²) in [5.41, 5.74) is 2.11. The number of hydrogen-bond acceptors (Lipinski definition) is 6. The molecule has 1 saturated carbocycles. The Balaban J connectivity index is 1.53. The number of pyridine rings is 1. The number of nitrogens with one attached hydrogen (secondary N) is 3. The molecule has 0 bridgehead atoms. The quantitative estimate of drug-likeness (QED) is 0.474. The minimum absolute atomic E-state index is 0.0850. The van der Waals surface area contributed by atoms with Crippen LogP contribution in [0.15, 0.2) is 30.3 Å². The summed E-state index contributed by atoms with van der Waals surface area (Å²) >= 11 is 0. The van der Waals surface area contributed by atoms with Crippen molar-refractivity contribution in [3.8, 4) is 0 Å². The van der Waals surface area contributed by atoms with Crippen LogP contribution in [0.5, 0.6) is 0 Å². The van der Waals surface area contributed by atoms with Crippen molar-refractivity contribution in [1.82, 2.24) is 15.6 Å². The molecule has 1 heterocycles. The van der Waals surface area contributed by atoms with E-state index in [1.165, 1.54) is 0 Å². The molecule has 8 heteroatoms. The molecule has 1 fully saturated rings. The zero-order chi connectivity index (χ0) is 24.7. The highest BCUT2D eigenvalue weighted by Crippen LogP contribution is 2.29. The summed E-state index contributed by atoms with van der Waals surface area (Å²) in [5, 5.41) is 10.6. The average Bonchev–Trinajstić information content (AvgIpc) is 2.79. The van der Waals surface area contributed by atoms with Gasteiger partial charge in [-0.2, -0.15) is 0 Å². The van der Waals surface area contributed by atoms with Crippen LogP contribution in [0.4, 0.5) is 16.3 Å². The van der Waals surface area contributed by atoms with Crippen molar-refractivity contribution in [2.45, 2.75) is 71.0 Å². The largest absolute Gasteiger partial charge is 0.464 e. The third-order valence-corrected chi connectivity index (χ3v) is 6.17. The van der Waals surface area contributed by atoms with Crippen LogP contribution in [0.3, 0.4) is 0 Å². The molecule has 1 aromatic carbocycles. The second-order valence-corrected chi connectivity index (χ2v) is 9.68. The minimum Gasteiger partial charge on any atom is -0.464 e. The molecule has 1 aliphatic carbocycles. The summed E-state index contributed by atoms with van der Waals surface area (Å²) in [6.07, 6.45) is 4.16. The number of ether oxygens (including phenoxy) is 1. The molecule has 0 unspecified atom stereocenters. The Kier molecular flexibility index (Phi) is 8.96. The first-order valence-corrected chi connectivity index (χ1v) is 12.3. The summed E-state index contributed by atoms with van der Waals surface area (Å²) in [7, 11) is 4.09. The van der Waals surface area contributed by atoms with Crippen LogP contribution in [0.25, 0.3) is 10.9 Å². The second kappa shape index (κ2) is 11.9. The van der Waals surface area contributed by atoms with E-state index in [1.807, 2.05) is 46.1 Å². The van der Waals surface area contributed by atoms with Crippen LogP contribution >= 0.6 is 0 Å². The Bertz CT molecular complexity index is 970. The van der Waals surface area contributed by atoms with Crippen LogP contribution in [0.1, 0.15) is 52.9 Å². The standard InChI is InChI=1S/C26H39N5O3/c1-6-34-25(32)22(15-17(2)3)30-26(33)28-19-13-11-18(12-14-19)27-24-16-23(31(4)5)20-9-7-8-10-21(20)29-24/h7-10,16-19,22H,6,11-15H2,1-5H3,(H,27,29)(H2,28,30,33)/t18?,19?,22-/m0/s1. The van der Waals surface area contributed by atoms with Gasteiger partial charge in [0.1, 0.15) is 11.9 Å². The Morgan fingerprint density at radius 1 is 1.12 bits per heavy atom. The number of carbonyl (C=O) groups is 2. The van der Waals surface area contributed by atoms with Gasteiger partial charge in [0.05, 0.1) is 12.1 Å². The Morgan fingerprint density at radius 3 is 2.44 bits per heavy atom. The Hall–Kier alpha value is -3.03. The highest BCUT2D eigenvalue weighted by molar-refractivity contribution is 5.93. The van der Waals surface area contributed by atoms with Crippen molar-refractivity contribution in [3.05, 3.63) is 30.3 Å². The molecule has 3 rings (SSSR count). The van der Waals surface area contributed by atoms with Crippen molar-refractivity contribution in [2.75, 3.05) is 30.9 Å². The number of amides is 2. The molecule has 186 valence electrons. The molecule has 2 amide bonds. The third kappa shape index (κ3) is 6.98. The lowest BCUT2D eigenvalue weighted by molar-refractivity contribution is -0.145. The topological polar surface area (TPSA) is 95.6 Å². The molecule has 0 aliphatic heterocycles. The zero-order valence-corrected chi connectivity index (χ0v) is 21.1. The van der Waals surface area contributed by atoms with E-state index >= 15 is 0 Å². The summed E-state index contributed by atoms with van der Waals surface area (Å²) in [6, 6.07) is 9.74. The maximum Gasteiger partial charge on any atom is 0.328 e. The van der Waals surface area contributed by atoms with Crippen LogP contribution in [0.2, 0.25) is 0 Å². The summed E-state index contributed by atoms with van der Waals surface area (Å²) in [5.74, 6) is 0.773. The molecule has 8 nitrogen and oxygen atoms in total. The molecule has 0 radical (unpaired) electrons. The fourth-order valence-corrected chi connectivity index (χ4v) is 4.51. The lowest BCUT2D eigenvalue weighted by atomic mass is 9.91. The van der Waals surface area contributed by atoms with Crippen LogP contribution in [-0.4, -0.2) is 55.8 Å². The lowest BCUT2D eigenvalue weighted by Gasteiger charge is -2.31. The van der Waals surface area contributed by atoms with Gasteiger partial charge in [-0.3, -0.25) is 0 Å². The fraction of sp³-hybridized carbons (Fsp3) is 0.577. The maximum atomic E-state index is 12.5. The molecule has 1 atom stereocenters. The van der Waals surface area contributed by atoms with Gasteiger partial charge in [0.2, 0.25) is 0 Å². The molecule has 1 aliphatic rings. The smallest absolute Gasteiger partial charge is 0.328 e. The fourth-order valence-electron chi connectivity index (χ4n) is 4.51. The van der Waals surface area contributed by atoms with E-state index in [4.69, 9.17) is 9.72 Å². The lowest BCUT2D eigenvalue weighted by Crippen LogP contribution is -2.51. The predicted octanol–water partition coefficient (Wildman–Crippen LogP) is 4.30. The normalized spacial score (nSPS) is 18.9. The minimum atomic E-state index is -0.622. The predicted molar refractivity (Wildman–Crippen MR) is 137 cm³/mol. The van der Waals surface area contributed by atoms with E-state index in [9.17, 15) is 9.59 Å². The number of urea groups is 1. The maximum absolute atomic E-state index is 12.5. The number of fused-ring (bicyclic) bond motifs is 1. The Labute approximate surface area is 202 Å². The molecular weight excluding hydrogens is 430 g/mol.